The summed E-state index contributed by atoms with van der Waals surface area (Å²) in [6.45, 7) is 2.01. The molecule has 0 fully saturated rings. The number of amides is 2. The molecule has 2 rings (SSSR count). The largest absolute Gasteiger partial charge is 0.492 e. The van der Waals surface area contributed by atoms with Gasteiger partial charge in [-0.25, -0.2) is 0 Å². The van der Waals surface area contributed by atoms with Crippen molar-refractivity contribution >= 4 is 17.5 Å². The van der Waals surface area contributed by atoms with Crippen molar-refractivity contribution in [1.82, 2.24) is 5.32 Å². The maximum atomic E-state index is 11.7. The predicted molar refractivity (Wildman–Crippen MR) is 63.3 cm³/mol. The van der Waals surface area contributed by atoms with Crippen LogP contribution in [-0.4, -0.2) is 25.5 Å². The predicted octanol–water partition coefficient (Wildman–Crippen LogP) is 0.939. The molecule has 0 aromatic heterocycles. The van der Waals surface area contributed by atoms with Crippen molar-refractivity contribution in [1.29, 1.82) is 0 Å². The summed E-state index contributed by atoms with van der Waals surface area (Å²) >= 11 is 0. The van der Waals surface area contributed by atoms with Gasteiger partial charge in [-0.3, -0.25) is 9.59 Å². The van der Waals surface area contributed by atoms with E-state index in [0.717, 1.165) is 12.0 Å². The summed E-state index contributed by atoms with van der Waals surface area (Å²) in [5.74, 6) is 0.250. The molecule has 0 unspecified atom stereocenters. The van der Waals surface area contributed by atoms with Crippen LogP contribution in [0.5, 0.6) is 5.75 Å². The Balaban J connectivity index is 2.45. The van der Waals surface area contributed by atoms with Crippen molar-refractivity contribution in [3.8, 4) is 5.75 Å². The lowest BCUT2D eigenvalue weighted by Gasteiger charge is -2.10. The lowest BCUT2D eigenvalue weighted by molar-refractivity contribution is -0.114. The van der Waals surface area contributed by atoms with Crippen molar-refractivity contribution in [3.05, 3.63) is 23.3 Å². The zero-order chi connectivity index (χ0) is 12.4. The second kappa shape index (κ2) is 4.45. The van der Waals surface area contributed by atoms with Crippen LogP contribution in [0.2, 0.25) is 0 Å². The molecule has 0 atom stereocenters. The number of anilines is 1. The summed E-state index contributed by atoms with van der Waals surface area (Å²) in [6.07, 6.45) is 0.757. The molecular weight excluding hydrogens is 220 g/mol. The van der Waals surface area contributed by atoms with Gasteiger partial charge < -0.3 is 15.4 Å². The Morgan fingerprint density at radius 3 is 2.76 bits per heavy atom. The number of carbonyl (C=O) groups excluding carboxylic acids is 2. The summed E-state index contributed by atoms with van der Waals surface area (Å²) in [6, 6.07) is 3.47. The van der Waals surface area contributed by atoms with Gasteiger partial charge in [-0.2, -0.15) is 0 Å². The lowest BCUT2D eigenvalue weighted by atomic mass is 10.1. The first kappa shape index (κ1) is 11.4. The van der Waals surface area contributed by atoms with Gasteiger partial charge in [0.2, 0.25) is 5.91 Å². The fourth-order valence-corrected chi connectivity index (χ4v) is 1.89. The molecule has 1 aliphatic heterocycles. The minimum atomic E-state index is -0.213. The third kappa shape index (κ3) is 2.22. The van der Waals surface area contributed by atoms with E-state index in [1.165, 1.54) is 6.92 Å². The highest BCUT2D eigenvalue weighted by atomic mass is 16.5. The highest BCUT2D eigenvalue weighted by Crippen LogP contribution is 2.32. The number of hydrogen-bond acceptors (Lipinski definition) is 3. The topological polar surface area (TPSA) is 67.4 Å². The highest BCUT2D eigenvalue weighted by molar-refractivity contribution is 5.99. The zero-order valence-electron chi connectivity index (χ0n) is 9.79. The molecule has 0 bridgehead atoms. The molecule has 0 radical (unpaired) electrons. The van der Waals surface area contributed by atoms with Crippen LogP contribution in [0.1, 0.15) is 22.8 Å². The minimum Gasteiger partial charge on any atom is -0.492 e. The molecule has 0 saturated heterocycles. The van der Waals surface area contributed by atoms with Gasteiger partial charge in [0, 0.05) is 31.6 Å². The summed E-state index contributed by atoms with van der Waals surface area (Å²) in [5, 5.41) is 5.24. The monoisotopic (exact) mass is 234 g/mol. The fourth-order valence-electron chi connectivity index (χ4n) is 1.89. The second-order valence-corrected chi connectivity index (χ2v) is 3.87. The Bertz CT molecular complexity index is 483. The minimum absolute atomic E-state index is 0.160. The molecule has 1 heterocycles. The summed E-state index contributed by atoms with van der Waals surface area (Å²) in [7, 11) is 1.56. The number of benzene rings is 1. The van der Waals surface area contributed by atoms with Crippen molar-refractivity contribution in [2.45, 2.75) is 13.3 Å². The van der Waals surface area contributed by atoms with Crippen molar-refractivity contribution < 1.29 is 14.3 Å². The molecule has 90 valence electrons. The molecule has 0 aliphatic carbocycles. The van der Waals surface area contributed by atoms with Gasteiger partial charge in [-0.1, -0.05) is 0 Å². The van der Waals surface area contributed by atoms with Gasteiger partial charge in [-0.15, -0.1) is 0 Å². The van der Waals surface area contributed by atoms with E-state index in [1.54, 1.807) is 13.1 Å². The highest BCUT2D eigenvalue weighted by Gasteiger charge is 2.21. The Kier molecular flexibility index (Phi) is 2.99. The number of fused-ring (bicyclic) bond motifs is 1. The van der Waals surface area contributed by atoms with Crippen LogP contribution in [0.25, 0.3) is 0 Å². The lowest BCUT2D eigenvalue weighted by Crippen LogP contribution is -2.19. The van der Waals surface area contributed by atoms with Gasteiger partial charge in [0.05, 0.1) is 12.2 Å². The molecule has 2 amide bonds. The van der Waals surface area contributed by atoms with Crippen LogP contribution in [0.3, 0.4) is 0 Å². The Morgan fingerprint density at radius 1 is 1.35 bits per heavy atom. The first-order chi connectivity index (χ1) is 8.11. The van der Waals surface area contributed by atoms with Gasteiger partial charge >= 0.3 is 0 Å². The van der Waals surface area contributed by atoms with E-state index in [4.69, 9.17) is 4.74 Å². The van der Waals surface area contributed by atoms with E-state index >= 15 is 0 Å². The van der Waals surface area contributed by atoms with E-state index in [1.807, 2.05) is 6.07 Å². The molecule has 1 aliphatic rings. The molecule has 5 nitrogen and oxygen atoms in total. The van der Waals surface area contributed by atoms with Crippen molar-refractivity contribution in [2.75, 3.05) is 19.0 Å². The van der Waals surface area contributed by atoms with Crippen LogP contribution in [0.15, 0.2) is 12.1 Å². The molecule has 1 aromatic carbocycles. The van der Waals surface area contributed by atoms with E-state index < -0.39 is 0 Å². The maximum Gasteiger partial charge on any atom is 0.254 e. The normalized spacial score (nSPS) is 12.6. The number of hydrogen-bond donors (Lipinski definition) is 2. The first-order valence-corrected chi connectivity index (χ1v) is 5.41. The van der Waals surface area contributed by atoms with Gasteiger partial charge in [0.15, 0.2) is 0 Å². The second-order valence-electron chi connectivity index (χ2n) is 3.87. The SMILES string of the molecule is CNC(=O)c1cc(NC(C)=O)cc2c1OCC2. The van der Waals surface area contributed by atoms with Gasteiger partial charge in [0.25, 0.3) is 5.91 Å². The molecule has 5 heteroatoms. The van der Waals surface area contributed by atoms with E-state index in [9.17, 15) is 9.59 Å². The molecule has 0 spiro atoms. The fraction of sp³-hybridized carbons (Fsp3) is 0.333. The van der Waals surface area contributed by atoms with Crippen molar-refractivity contribution in [2.24, 2.45) is 0 Å². The van der Waals surface area contributed by atoms with Crippen LogP contribution in [0.4, 0.5) is 5.69 Å². The van der Waals surface area contributed by atoms with Crippen LogP contribution < -0.4 is 15.4 Å². The summed E-state index contributed by atoms with van der Waals surface area (Å²) < 4.78 is 5.44. The van der Waals surface area contributed by atoms with Gasteiger partial charge in [0.1, 0.15) is 5.75 Å². The summed E-state index contributed by atoms with van der Waals surface area (Å²) in [4.78, 5) is 22.7. The Morgan fingerprint density at radius 2 is 2.12 bits per heavy atom. The third-order valence-electron chi connectivity index (χ3n) is 2.58. The average Bonchev–Trinajstić information content (AvgIpc) is 2.74. The zero-order valence-corrected chi connectivity index (χ0v) is 9.79. The first-order valence-electron chi connectivity index (χ1n) is 5.41. The van der Waals surface area contributed by atoms with E-state index in [0.29, 0.717) is 23.6 Å². The van der Waals surface area contributed by atoms with Crippen molar-refractivity contribution in [3.63, 3.8) is 0 Å². The Hall–Kier alpha value is -2.04. The standard InChI is InChI=1S/C12H14N2O3/c1-7(15)14-9-5-8-3-4-17-11(8)10(6-9)12(16)13-2/h5-6H,3-4H2,1-2H3,(H,13,16)(H,14,15). The molecular formula is C12H14N2O3. The molecule has 1 aromatic rings. The average molecular weight is 234 g/mol. The van der Waals surface area contributed by atoms with Crippen LogP contribution in [-0.2, 0) is 11.2 Å². The quantitative estimate of drug-likeness (QED) is 0.800. The maximum absolute atomic E-state index is 11.7. The Labute approximate surface area is 99.2 Å². The molecule has 0 saturated carbocycles. The van der Waals surface area contributed by atoms with E-state index in [-0.39, 0.29) is 11.8 Å². The van der Waals surface area contributed by atoms with Crippen LogP contribution >= 0.6 is 0 Å². The smallest absolute Gasteiger partial charge is 0.254 e. The van der Waals surface area contributed by atoms with E-state index in [2.05, 4.69) is 10.6 Å². The summed E-state index contributed by atoms with van der Waals surface area (Å²) in [5.41, 5.74) is 2.04. The third-order valence-corrected chi connectivity index (χ3v) is 2.58. The number of nitrogens with one attached hydrogen (secondary N) is 2. The number of ether oxygens (including phenoxy) is 1. The van der Waals surface area contributed by atoms with Crippen LogP contribution in [0, 0.1) is 0 Å². The van der Waals surface area contributed by atoms with Gasteiger partial charge in [-0.05, 0) is 12.1 Å². The molecule has 17 heavy (non-hydrogen) atoms. The molecule has 2 N–H and O–H groups in total. The number of rotatable bonds is 2. The number of carbonyl (C=O) groups is 2.